The molecule has 0 aliphatic carbocycles. The molecule has 0 heterocycles. The largest absolute Gasteiger partial charge is 0.481 e. The number of aliphatic carboxylic acids is 1. The average Bonchev–Trinajstić information content (AvgIpc) is 2.02. The monoisotopic (exact) mass is 167 g/mol. The minimum Gasteiger partial charge on any atom is -0.481 e. The Morgan fingerprint density at radius 1 is 1.42 bits per heavy atom. The molecule has 0 aromatic rings. The van der Waals surface area contributed by atoms with Gasteiger partial charge in [0, 0.05) is 6.42 Å². The number of hydrogen-bond acceptors (Lipinski definition) is 2. The van der Waals surface area contributed by atoms with Crippen molar-refractivity contribution < 1.29 is 9.90 Å². The first-order chi connectivity index (χ1) is 5.77. The van der Waals surface area contributed by atoms with Crippen LogP contribution < -0.4 is 0 Å². The summed E-state index contributed by atoms with van der Waals surface area (Å²) in [7, 11) is 0. The molecule has 3 heteroatoms. The van der Waals surface area contributed by atoms with E-state index in [0.29, 0.717) is 12.8 Å². The lowest BCUT2D eigenvalue weighted by atomic mass is 10.2. The van der Waals surface area contributed by atoms with E-state index < -0.39 is 5.97 Å². The molecule has 0 spiro atoms. The van der Waals surface area contributed by atoms with E-state index in [4.69, 9.17) is 10.4 Å². The van der Waals surface area contributed by atoms with Crippen LogP contribution in [-0.2, 0) is 4.79 Å². The number of nitriles is 1. The minimum absolute atomic E-state index is 0.242. The Morgan fingerprint density at radius 3 is 2.75 bits per heavy atom. The van der Waals surface area contributed by atoms with Gasteiger partial charge in [0.15, 0.2) is 0 Å². The molecule has 0 aliphatic heterocycles. The lowest BCUT2D eigenvalue weighted by molar-refractivity contribution is -0.137. The summed E-state index contributed by atoms with van der Waals surface area (Å²) in [5.74, 6) is -0.740. The molecular weight excluding hydrogens is 154 g/mol. The molecule has 0 aromatic heterocycles. The van der Waals surface area contributed by atoms with Crippen LogP contribution in [0, 0.1) is 11.3 Å². The van der Waals surface area contributed by atoms with Gasteiger partial charge < -0.3 is 5.11 Å². The van der Waals surface area contributed by atoms with Crippen molar-refractivity contribution in [3.05, 3.63) is 12.2 Å². The lowest BCUT2D eigenvalue weighted by Crippen LogP contribution is -1.92. The van der Waals surface area contributed by atoms with Gasteiger partial charge >= 0.3 is 5.97 Å². The summed E-state index contributed by atoms with van der Waals surface area (Å²) >= 11 is 0. The molecule has 66 valence electrons. The maximum absolute atomic E-state index is 10.1. The number of carboxylic acid groups (broad SMARTS) is 1. The van der Waals surface area contributed by atoms with E-state index in [0.717, 1.165) is 12.8 Å². The average molecular weight is 167 g/mol. The van der Waals surface area contributed by atoms with Gasteiger partial charge in [0.05, 0.1) is 12.5 Å². The fraction of sp³-hybridized carbons (Fsp3) is 0.556. The second-order valence-electron chi connectivity index (χ2n) is 2.47. The Morgan fingerprint density at radius 2 is 2.17 bits per heavy atom. The summed E-state index contributed by atoms with van der Waals surface area (Å²) in [5.41, 5.74) is 0. The molecule has 0 atom stereocenters. The van der Waals surface area contributed by atoms with E-state index in [1.807, 2.05) is 12.1 Å². The number of unbranched alkanes of at least 4 members (excludes halogenated alkanes) is 2. The van der Waals surface area contributed by atoms with Gasteiger partial charge in [-0.15, -0.1) is 0 Å². The van der Waals surface area contributed by atoms with E-state index in [-0.39, 0.29) is 6.42 Å². The third kappa shape index (κ3) is 8.70. The van der Waals surface area contributed by atoms with Crippen molar-refractivity contribution in [2.75, 3.05) is 0 Å². The van der Waals surface area contributed by atoms with Crippen molar-refractivity contribution in [3.8, 4) is 6.07 Å². The summed E-state index contributed by atoms with van der Waals surface area (Å²) < 4.78 is 0. The van der Waals surface area contributed by atoms with Crippen LogP contribution in [-0.4, -0.2) is 11.1 Å². The van der Waals surface area contributed by atoms with Crippen molar-refractivity contribution in [1.29, 1.82) is 5.26 Å². The zero-order chi connectivity index (χ0) is 9.23. The van der Waals surface area contributed by atoms with Crippen LogP contribution in [0.3, 0.4) is 0 Å². The Bertz CT molecular complexity index is 191. The third-order valence-corrected chi connectivity index (χ3v) is 1.39. The number of hydrogen-bond donors (Lipinski definition) is 1. The molecule has 0 saturated carbocycles. The van der Waals surface area contributed by atoms with Crippen LogP contribution in [0.2, 0.25) is 0 Å². The van der Waals surface area contributed by atoms with Gasteiger partial charge in [-0.2, -0.15) is 5.26 Å². The summed E-state index contributed by atoms with van der Waals surface area (Å²) in [5, 5.41) is 16.5. The topological polar surface area (TPSA) is 61.1 Å². The van der Waals surface area contributed by atoms with Crippen molar-refractivity contribution in [2.45, 2.75) is 32.1 Å². The number of rotatable bonds is 6. The minimum atomic E-state index is -0.740. The second-order valence-corrected chi connectivity index (χ2v) is 2.47. The Hall–Kier alpha value is -1.30. The van der Waals surface area contributed by atoms with E-state index in [1.165, 1.54) is 0 Å². The predicted octanol–water partition coefficient (Wildman–Crippen LogP) is 2.10. The summed E-state index contributed by atoms with van der Waals surface area (Å²) in [6.07, 6.45) is 6.88. The van der Waals surface area contributed by atoms with Gasteiger partial charge in [-0.3, -0.25) is 4.79 Å². The highest BCUT2D eigenvalue weighted by molar-refractivity contribution is 5.66. The van der Waals surface area contributed by atoms with Gasteiger partial charge in [0.2, 0.25) is 0 Å². The van der Waals surface area contributed by atoms with Crippen LogP contribution in [0.4, 0.5) is 0 Å². The fourth-order valence-electron chi connectivity index (χ4n) is 0.792. The Labute approximate surface area is 72.3 Å². The first kappa shape index (κ1) is 10.7. The SMILES string of the molecule is N#CC/C=C/CCCCC(=O)O. The van der Waals surface area contributed by atoms with Crippen LogP contribution >= 0.6 is 0 Å². The summed E-state index contributed by atoms with van der Waals surface area (Å²) in [6.45, 7) is 0. The molecule has 0 aromatic carbocycles. The van der Waals surface area contributed by atoms with Gasteiger partial charge in [0.25, 0.3) is 0 Å². The van der Waals surface area contributed by atoms with Crippen LogP contribution in [0.15, 0.2) is 12.2 Å². The first-order valence-electron chi connectivity index (χ1n) is 4.01. The maximum atomic E-state index is 10.1. The van der Waals surface area contributed by atoms with E-state index in [2.05, 4.69) is 0 Å². The molecule has 0 fully saturated rings. The standard InChI is InChI=1S/C9H13NO2/c10-8-6-4-2-1-3-5-7-9(11)12/h2,4H,1,3,5-7H2,(H,11,12)/b4-2+. The molecule has 0 amide bonds. The number of nitrogens with zero attached hydrogens (tertiary/aromatic N) is 1. The zero-order valence-electron chi connectivity index (χ0n) is 6.99. The predicted molar refractivity (Wildman–Crippen MR) is 45.5 cm³/mol. The molecule has 3 nitrogen and oxygen atoms in total. The zero-order valence-corrected chi connectivity index (χ0v) is 6.99. The van der Waals surface area contributed by atoms with Crippen molar-refractivity contribution >= 4 is 5.97 Å². The summed E-state index contributed by atoms with van der Waals surface area (Å²) in [4.78, 5) is 10.1. The molecule has 12 heavy (non-hydrogen) atoms. The van der Waals surface area contributed by atoms with E-state index >= 15 is 0 Å². The normalized spacial score (nSPS) is 9.92. The summed E-state index contributed by atoms with van der Waals surface area (Å²) in [6, 6.07) is 2.00. The second kappa shape index (κ2) is 7.80. The molecule has 1 N–H and O–H groups in total. The van der Waals surface area contributed by atoms with Crippen LogP contribution in [0.1, 0.15) is 32.1 Å². The number of carboxylic acids is 1. The molecular formula is C9H13NO2. The molecule has 0 bridgehead atoms. The first-order valence-corrected chi connectivity index (χ1v) is 4.01. The van der Waals surface area contributed by atoms with Crippen molar-refractivity contribution in [1.82, 2.24) is 0 Å². The van der Waals surface area contributed by atoms with Crippen molar-refractivity contribution in [2.24, 2.45) is 0 Å². The van der Waals surface area contributed by atoms with E-state index in [1.54, 1.807) is 6.08 Å². The quantitative estimate of drug-likeness (QED) is 0.486. The smallest absolute Gasteiger partial charge is 0.303 e. The van der Waals surface area contributed by atoms with Gasteiger partial charge in [0.1, 0.15) is 0 Å². The molecule has 0 unspecified atom stereocenters. The highest BCUT2D eigenvalue weighted by atomic mass is 16.4. The van der Waals surface area contributed by atoms with Crippen molar-refractivity contribution in [3.63, 3.8) is 0 Å². The Kier molecular flexibility index (Phi) is 6.96. The van der Waals surface area contributed by atoms with E-state index in [9.17, 15) is 4.79 Å². The highest BCUT2D eigenvalue weighted by Crippen LogP contribution is 2.00. The van der Waals surface area contributed by atoms with Crippen LogP contribution in [0.5, 0.6) is 0 Å². The fourth-order valence-corrected chi connectivity index (χ4v) is 0.792. The molecule has 0 rings (SSSR count). The van der Waals surface area contributed by atoms with Gasteiger partial charge in [-0.25, -0.2) is 0 Å². The van der Waals surface area contributed by atoms with Gasteiger partial charge in [-0.05, 0) is 19.3 Å². The van der Waals surface area contributed by atoms with Crippen LogP contribution in [0.25, 0.3) is 0 Å². The molecule has 0 saturated heterocycles. The molecule has 0 radical (unpaired) electrons. The maximum Gasteiger partial charge on any atom is 0.303 e. The van der Waals surface area contributed by atoms with Gasteiger partial charge in [-0.1, -0.05) is 12.2 Å². The Balaban J connectivity index is 3.11. The highest BCUT2D eigenvalue weighted by Gasteiger charge is 1.93. The lowest BCUT2D eigenvalue weighted by Gasteiger charge is -1.91. The number of carbonyl (C=O) groups is 1. The third-order valence-electron chi connectivity index (χ3n) is 1.39. The number of allylic oxidation sites excluding steroid dienone is 2. The molecule has 0 aliphatic rings.